The molecule has 1 atom stereocenters. The number of nitrogens with zero attached hydrogens (tertiary/aromatic N) is 4. The average molecular weight is 338 g/mol. The second-order valence-corrected chi connectivity index (χ2v) is 5.90. The number of imidazole rings is 1. The molecule has 2 aromatic heterocycles. The van der Waals surface area contributed by atoms with Gasteiger partial charge in [0.2, 0.25) is 5.91 Å². The van der Waals surface area contributed by atoms with E-state index in [4.69, 9.17) is 4.74 Å². The lowest BCUT2D eigenvalue weighted by Gasteiger charge is -2.12. The van der Waals surface area contributed by atoms with Crippen LogP contribution in [0.1, 0.15) is 23.1 Å². The van der Waals surface area contributed by atoms with E-state index in [1.54, 1.807) is 13.3 Å². The van der Waals surface area contributed by atoms with Crippen LogP contribution in [-0.2, 0) is 24.9 Å². The summed E-state index contributed by atoms with van der Waals surface area (Å²) in [5.74, 6) is 1.42. The SMILES string of the molecule is COc1ccc2c(c1)nc(CNC(=O)C1NCc3ncncc31)n2C. The predicted molar refractivity (Wildman–Crippen MR) is 90.7 cm³/mol. The van der Waals surface area contributed by atoms with Crippen LogP contribution in [0, 0.1) is 0 Å². The van der Waals surface area contributed by atoms with Crippen LogP contribution in [0.2, 0.25) is 0 Å². The van der Waals surface area contributed by atoms with Crippen molar-refractivity contribution < 1.29 is 9.53 Å². The minimum atomic E-state index is -0.425. The first-order valence-corrected chi connectivity index (χ1v) is 7.96. The summed E-state index contributed by atoms with van der Waals surface area (Å²) in [6.07, 6.45) is 3.18. The molecule has 0 bridgehead atoms. The van der Waals surface area contributed by atoms with Crippen molar-refractivity contribution in [2.45, 2.75) is 19.1 Å². The van der Waals surface area contributed by atoms with Crippen molar-refractivity contribution >= 4 is 16.9 Å². The average Bonchev–Trinajstić information content (AvgIpc) is 3.21. The van der Waals surface area contributed by atoms with Gasteiger partial charge in [-0.05, 0) is 12.1 Å². The van der Waals surface area contributed by atoms with Crippen LogP contribution in [0.3, 0.4) is 0 Å². The van der Waals surface area contributed by atoms with E-state index in [-0.39, 0.29) is 5.91 Å². The summed E-state index contributed by atoms with van der Waals surface area (Å²) >= 11 is 0. The topological polar surface area (TPSA) is 94.0 Å². The van der Waals surface area contributed by atoms with Crippen LogP contribution in [0.15, 0.2) is 30.7 Å². The molecule has 0 radical (unpaired) electrons. The van der Waals surface area contributed by atoms with Crippen LogP contribution >= 0.6 is 0 Å². The first-order chi connectivity index (χ1) is 12.2. The highest BCUT2D eigenvalue weighted by molar-refractivity contribution is 5.84. The Bertz CT molecular complexity index is 951. The van der Waals surface area contributed by atoms with Crippen molar-refractivity contribution in [1.29, 1.82) is 0 Å². The molecule has 8 heteroatoms. The minimum Gasteiger partial charge on any atom is -0.497 e. The number of amides is 1. The number of aryl methyl sites for hydroxylation is 1. The van der Waals surface area contributed by atoms with Gasteiger partial charge in [-0.2, -0.15) is 0 Å². The van der Waals surface area contributed by atoms with Crippen LogP contribution in [0.25, 0.3) is 11.0 Å². The smallest absolute Gasteiger partial charge is 0.242 e. The molecule has 3 heterocycles. The molecule has 4 rings (SSSR count). The van der Waals surface area contributed by atoms with Gasteiger partial charge >= 0.3 is 0 Å². The highest BCUT2D eigenvalue weighted by atomic mass is 16.5. The lowest BCUT2D eigenvalue weighted by Crippen LogP contribution is -2.34. The standard InChI is InChI=1S/C17H18N6O2/c1-23-14-4-3-10(25-2)5-12(14)22-15(23)8-20-17(24)16-11-6-18-9-21-13(11)7-19-16/h3-6,9,16,19H,7-8H2,1-2H3,(H,20,24). The van der Waals surface area contributed by atoms with E-state index < -0.39 is 6.04 Å². The Morgan fingerprint density at radius 1 is 1.48 bits per heavy atom. The van der Waals surface area contributed by atoms with Crippen molar-refractivity contribution in [3.05, 3.63) is 47.8 Å². The lowest BCUT2D eigenvalue weighted by molar-refractivity contribution is -0.123. The van der Waals surface area contributed by atoms with Crippen LogP contribution in [-0.4, -0.2) is 32.5 Å². The van der Waals surface area contributed by atoms with Gasteiger partial charge in [0.25, 0.3) is 0 Å². The molecule has 1 aliphatic rings. The number of nitrogens with one attached hydrogen (secondary N) is 2. The molecule has 0 fully saturated rings. The molecule has 8 nitrogen and oxygen atoms in total. The van der Waals surface area contributed by atoms with Crippen LogP contribution in [0.5, 0.6) is 5.75 Å². The normalized spacial score (nSPS) is 16.0. The van der Waals surface area contributed by atoms with Crippen molar-refractivity contribution in [3.8, 4) is 5.75 Å². The van der Waals surface area contributed by atoms with Gasteiger partial charge in [0, 0.05) is 31.4 Å². The molecule has 1 amide bonds. The summed E-state index contributed by atoms with van der Waals surface area (Å²) in [6.45, 7) is 0.912. The number of carbonyl (C=O) groups excluding carboxylic acids is 1. The third-order valence-electron chi connectivity index (χ3n) is 4.48. The Labute approximate surface area is 144 Å². The van der Waals surface area contributed by atoms with Crippen molar-refractivity contribution in [1.82, 2.24) is 30.2 Å². The minimum absolute atomic E-state index is 0.113. The van der Waals surface area contributed by atoms with Gasteiger partial charge in [0.05, 0.1) is 30.4 Å². The summed E-state index contributed by atoms with van der Waals surface area (Å²) < 4.78 is 7.20. The molecule has 25 heavy (non-hydrogen) atoms. The highest BCUT2D eigenvalue weighted by Crippen LogP contribution is 2.23. The maximum atomic E-state index is 12.5. The summed E-state index contributed by atoms with van der Waals surface area (Å²) in [5, 5.41) is 6.10. The second kappa shape index (κ2) is 6.14. The molecular formula is C17H18N6O2. The monoisotopic (exact) mass is 338 g/mol. The molecule has 3 aromatic rings. The van der Waals surface area contributed by atoms with Crippen LogP contribution < -0.4 is 15.4 Å². The van der Waals surface area contributed by atoms with Gasteiger partial charge < -0.3 is 14.6 Å². The Kier molecular flexibility index (Phi) is 3.81. The summed E-state index contributed by atoms with van der Waals surface area (Å²) in [7, 11) is 3.56. The molecule has 0 aliphatic carbocycles. The quantitative estimate of drug-likeness (QED) is 0.732. The molecule has 2 N–H and O–H groups in total. The third-order valence-corrected chi connectivity index (χ3v) is 4.48. The van der Waals surface area contributed by atoms with E-state index in [2.05, 4.69) is 25.6 Å². The van der Waals surface area contributed by atoms with Crippen molar-refractivity contribution in [2.24, 2.45) is 7.05 Å². The lowest BCUT2D eigenvalue weighted by atomic mass is 10.1. The number of fused-ring (bicyclic) bond motifs is 2. The van der Waals surface area contributed by atoms with E-state index in [1.165, 1.54) is 6.33 Å². The number of rotatable bonds is 4. The summed E-state index contributed by atoms with van der Waals surface area (Å²) in [4.78, 5) is 25.3. The Balaban J connectivity index is 1.51. The molecule has 0 saturated heterocycles. The first kappa shape index (κ1) is 15.5. The van der Waals surface area contributed by atoms with Gasteiger partial charge in [-0.25, -0.2) is 15.0 Å². The van der Waals surface area contributed by atoms with E-state index in [9.17, 15) is 4.79 Å². The number of carbonyl (C=O) groups is 1. The number of hydrogen-bond donors (Lipinski definition) is 2. The number of aromatic nitrogens is 4. The van der Waals surface area contributed by atoms with Gasteiger partial charge in [-0.1, -0.05) is 0 Å². The molecule has 1 unspecified atom stereocenters. The fraction of sp³-hybridized carbons (Fsp3) is 0.294. The largest absolute Gasteiger partial charge is 0.497 e. The highest BCUT2D eigenvalue weighted by Gasteiger charge is 2.29. The molecule has 128 valence electrons. The molecule has 1 aromatic carbocycles. The maximum Gasteiger partial charge on any atom is 0.242 e. The maximum absolute atomic E-state index is 12.5. The Morgan fingerprint density at radius 3 is 3.20 bits per heavy atom. The van der Waals surface area contributed by atoms with E-state index in [1.807, 2.05) is 29.8 Å². The first-order valence-electron chi connectivity index (χ1n) is 7.96. The predicted octanol–water partition coefficient (Wildman–Crippen LogP) is 0.833. The van der Waals surface area contributed by atoms with Crippen LogP contribution in [0.4, 0.5) is 0 Å². The van der Waals surface area contributed by atoms with Crippen molar-refractivity contribution in [3.63, 3.8) is 0 Å². The van der Waals surface area contributed by atoms with Gasteiger partial charge in [-0.15, -0.1) is 0 Å². The summed E-state index contributed by atoms with van der Waals surface area (Å²) in [6, 6.07) is 5.31. The van der Waals surface area contributed by atoms with Crippen molar-refractivity contribution in [2.75, 3.05) is 7.11 Å². The third kappa shape index (κ3) is 2.70. The van der Waals surface area contributed by atoms with E-state index >= 15 is 0 Å². The zero-order valence-corrected chi connectivity index (χ0v) is 14.0. The molecule has 0 spiro atoms. The fourth-order valence-corrected chi connectivity index (χ4v) is 3.08. The number of benzene rings is 1. The second-order valence-electron chi connectivity index (χ2n) is 5.90. The van der Waals surface area contributed by atoms with Gasteiger partial charge in [0.15, 0.2) is 0 Å². The van der Waals surface area contributed by atoms with E-state index in [0.717, 1.165) is 33.9 Å². The molecular weight excluding hydrogens is 320 g/mol. The number of hydrogen-bond acceptors (Lipinski definition) is 6. The van der Waals surface area contributed by atoms with Gasteiger partial charge in [0.1, 0.15) is 23.9 Å². The number of ether oxygens (including phenoxy) is 1. The molecule has 0 saturated carbocycles. The zero-order valence-electron chi connectivity index (χ0n) is 14.0. The zero-order chi connectivity index (χ0) is 17.4. The number of methoxy groups -OCH3 is 1. The Hall–Kier alpha value is -3.00. The summed E-state index contributed by atoms with van der Waals surface area (Å²) in [5.41, 5.74) is 3.52. The van der Waals surface area contributed by atoms with Gasteiger partial charge in [-0.3, -0.25) is 10.1 Å². The fourth-order valence-electron chi connectivity index (χ4n) is 3.08. The molecule has 1 aliphatic heterocycles. The Morgan fingerprint density at radius 2 is 2.36 bits per heavy atom. The van der Waals surface area contributed by atoms with E-state index in [0.29, 0.717) is 13.1 Å².